The standard InChI is InChI=1S/C33H33N5O6/c1-41-25-14-9-22(10-15-25)20-37(31(39)21-38-28-8-6-5-7-27(28)35-36-38)32(23-11-18-29(43-3)30(19-23)44-4)33(40)34-24-12-16-26(42-2)17-13-24/h5-19,32H,20-21H2,1-4H3,(H,34,40)/t32-/m0/s1. The van der Waals surface area contributed by atoms with Crippen molar-refractivity contribution in [3.63, 3.8) is 0 Å². The van der Waals surface area contributed by atoms with E-state index in [1.165, 1.54) is 23.8 Å². The van der Waals surface area contributed by atoms with Gasteiger partial charge >= 0.3 is 0 Å². The van der Waals surface area contributed by atoms with Gasteiger partial charge in [0.15, 0.2) is 11.5 Å². The minimum atomic E-state index is -1.07. The largest absolute Gasteiger partial charge is 0.497 e. The molecule has 0 spiro atoms. The Hall–Kier alpha value is -5.58. The summed E-state index contributed by atoms with van der Waals surface area (Å²) in [4.78, 5) is 30.0. The summed E-state index contributed by atoms with van der Waals surface area (Å²) in [6.45, 7) is -0.0270. The first-order chi connectivity index (χ1) is 21.4. The van der Waals surface area contributed by atoms with Gasteiger partial charge in [-0.2, -0.15) is 0 Å². The maximum Gasteiger partial charge on any atom is 0.251 e. The van der Waals surface area contributed by atoms with Crippen LogP contribution in [0.5, 0.6) is 23.0 Å². The van der Waals surface area contributed by atoms with Crippen molar-refractivity contribution in [3.05, 3.63) is 102 Å². The lowest BCUT2D eigenvalue weighted by atomic mass is 10.0. The molecule has 0 aliphatic carbocycles. The number of hydrogen-bond acceptors (Lipinski definition) is 8. The molecule has 44 heavy (non-hydrogen) atoms. The van der Waals surface area contributed by atoms with Crippen molar-refractivity contribution in [2.24, 2.45) is 0 Å². The lowest BCUT2D eigenvalue weighted by Gasteiger charge is -2.32. The number of hydrogen-bond donors (Lipinski definition) is 1. The zero-order chi connectivity index (χ0) is 31.1. The summed E-state index contributed by atoms with van der Waals surface area (Å²) < 4.78 is 23.1. The van der Waals surface area contributed by atoms with Crippen molar-refractivity contribution in [3.8, 4) is 23.0 Å². The van der Waals surface area contributed by atoms with E-state index < -0.39 is 11.9 Å². The van der Waals surface area contributed by atoms with Crippen molar-refractivity contribution < 1.29 is 28.5 Å². The van der Waals surface area contributed by atoms with E-state index in [-0.39, 0.29) is 19.0 Å². The van der Waals surface area contributed by atoms with Gasteiger partial charge in [-0.3, -0.25) is 9.59 Å². The monoisotopic (exact) mass is 595 g/mol. The van der Waals surface area contributed by atoms with Gasteiger partial charge in [0.2, 0.25) is 5.91 Å². The number of nitrogens with one attached hydrogen (secondary N) is 1. The van der Waals surface area contributed by atoms with Crippen molar-refractivity contribution in [2.75, 3.05) is 33.8 Å². The normalized spacial score (nSPS) is 11.5. The SMILES string of the molecule is COc1ccc(CN(C(=O)Cn2nnc3ccccc32)[C@H](C(=O)Nc2ccc(OC)cc2)c2ccc(OC)c(OC)c2)cc1. The Kier molecular flexibility index (Phi) is 9.24. The molecular weight excluding hydrogens is 562 g/mol. The van der Waals surface area contributed by atoms with Crippen LogP contribution in [0.25, 0.3) is 11.0 Å². The van der Waals surface area contributed by atoms with E-state index in [0.29, 0.717) is 45.3 Å². The fourth-order valence-corrected chi connectivity index (χ4v) is 4.88. The topological polar surface area (TPSA) is 117 Å². The molecule has 11 heteroatoms. The molecule has 2 amide bonds. The van der Waals surface area contributed by atoms with Crippen LogP contribution < -0.4 is 24.3 Å². The van der Waals surface area contributed by atoms with Crippen LogP contribution >= 0.6 is 0 Å². The zero-order valence-corrected chi connectivity index (χ0v) is 24.9. The molecule has 0 unspecified atom stereocenters. The van der Waals surface area contributed by atoms with Crippen LogP contribution in [0.4, 0.5) is 5.69 Å². The predicted octanol–water partition coefficient (Wildman–Crippen LogP) is 4.87. The number of aromatic nitrogens is 3. The van der Waals surface area contributed by atoms with E-state index >= 15 is 0 Å². The highest BCUT2D eigenvalue weighted by Crippen LogP contribution is 2.34. The van der Waals surface area contributed by atoms with Crippen molar-refractivity contribution in [1.29, 1.82) is 0 Å². The molecule has 0 saturated carbocycles. The van der Waals surface area contributed by atoms with Crippen LogP contribution in [0.2, 0.25) is 0 Å². The van der Waals surface area contributed by atoms with Gasteiger partial charge in [0, 0.05) is 12.2 Å². The molecular formula is C33H33N5O6. The van der Waals surface area contributed by atoms with E-state index in [9.17, 15) is 9.59 Å². The molecule has 1 aromatic heterocycles. The van der Waals surface area contributed by atoms with Gasteiger partial charge in [0.05, 0.1) is 34.0 Å². The first-order valence-electron chi connectivity index (χ1n) is 13.8. The Labute approximate surface area is 254 Å². The second-order valence-corrected chi connectivity index (χ2v) is 9.84. The van der Waals surface area contributed by atoms with Crippen LogP contribution in [0, 0.1) is 0 Å². The molecule has 0 aliphatic rings. The summed E-state index contributed by atoms with van der Waals surface area (Å²) in [6.07, 6.45) is 0. The maximum atomic E-state index is 14.3. The number of rotatable bonds is 12. The number of fused-ring (bicyclic) bond motifs is 1. The lowest BCUT2D eigenvalue weighted by Crippen LogP contribution is -2.42. The number of carbonyl (C=O) groups excluding carboxylic acids is 2. The fraction of sp³-hybridized carbons (Fsp3) is 0.212. The van der Waals surface area contributed by atoms with Crippen LogP contribution in [0.15, 0.2) is 91.0 Å². The summed E-state index contributed by atoms with van der Waals surface area (Å²) in [5.74, 6) is 1.47. The Bertz CT molecular complexity index is 1740. The van der Waals surface area contributed by atoms with Gasteiger partial charge in [0.1, 0.15) is 29.6 Å². The molecule has 1 heterocycles. The van der Waals surface area contributed by atoms with Gasteiger partial charge in [-0.1, -0.05) is 35.5 Å². The average molecular weight is 596 g/mol. The van der Waals surface area contributed by atoms with Gasteiger partial charge in [0.25, 0.3) is 5.91 Å². The van der Waals surface area contributed by atoms with E-state index in [4.69, 9.17) is 18.9 Å². The van der Waals surface area contributed by atoms with Crippen LogP contribution in [0.3, 0.4) is 0 Å². The zero-order valence-electron chi connectivity index (χ0n) is 24.9. The van der Waals surface area contributed by atoms with E-state index in [1.54, 1.807) is 56.7 Å². The lowest BCUT2D eigenvalue weighted by molar-refractivity contribution is -0.140. The van der Waals surface area contributed by atoms with Crippen molar-refractivity contribution in [2.45, 2.75) is 19.1 Å². The Morgan fingerprint density at radius 2 is 1.45 bits per heavy atom. The Morgan fingerprint density at radius 1 is 0.795 bits per heavy atom. The quantitative estimate of drug-likeness (QED) is 0.217. The molecule has 0 radical (unpaired) electrons. The predicted molar refractivity (Wildman–Crippen MR) is 165 cm³/mol. The number of carbonyl (C=O) groups is 2. The smallest absolute Gasteiger partial charge is 0.251 e. The highest BCUT2D eigenvalue weighted by molar-refractivity contribution is 5.98. The number of nitrogens with zero attached hydrogens (tertiary/aromatic N) is 4. The van der Waals surface area contributed by atoms with Gasteiger partial charge < -0.3 is 29.2 Å². The average Bonchev–Trinajstić information content (AvgIpc) is 3.47. The van der Waals surface area contributed by atoms with E-state index in [1.807, 2.05) is 48.5 Å². The van der Waals surface area contributed by atoms with E-state index in [2.05, 4.69) is 15.6 Å². The Balaban J connectivity index is 1.58. The van der Waals surface area contributed by atoms with Crippen LogP contribution in [-0.2, 0) is 22.7 Å². The molecule has 0 fully saturated rings. The highest BCUT2D eigenvalue weighted by atomic mass is 16.5. The third-order valence-corrected chi connectivity index (χ3v) is 7.18. The minimum Gasteiger partial charge on any atom is -0.497 e. The molecule has 0 aliphatic heterocycles. The van der Waals surface area contributed by atoms with Crippen LogP contribution in [-0.4, -0.2) is 60.1 Å². The van der Waals surface area contributed by atoms with Crippen molar-refractivity contribution in [1.82, 2.24) is 19.9 Å². The van der Waals surface area contributed by atoms with Gasteiger partial charge in [-0.05, 0) is 71.8 Å². The number of ether oxygens (including phenoxy) is 4. The molecule has 0 saturated heterocycles. The number of anilines is 1. The first-order valence-corrected chi connectivity index (χ1v) is 13.8. The number of benzene rings is 4. The molecule has 226 valence electrons. The second-order valence-electron chi connectivity index (χ2n) is 9.84. The van der Waals surface area contributed by atoms with Gasteiger partial charge in [-0.25, -0.2) is 4.68 Å². The molecule has 4 aromatic carbocycles. The second kappa shape index (κ2) is 13.6. The number of amides is 2. The fourth-order valence-electron chi connectivity index (χ4n) is 4.88. The van der Waals surface area contributed by atoms with Gasteiger partial charge in [-0.15, -0.1) is 5.10 Å². The molecule has 0 bridgehead atoms. The minimum absolute atomic E-state index is 0.116. The molecule has 11 nitrogen and oxygen atoms in total. The summed E-state index contributed by atoms with van der Waals surface area (Å²) in [5, 5.41) is 11.4. The first kappa shape index (κ1) is 29.9. The summed E-state index contributed by atoms with van der Waals surface area (Å²) >= 11 is 0. The summed E-state index contributed by atoms with van der Waals surface area (Å²) in [7, 11) is 6.21. The number of methoxy groups -OCH3 is 4. The number of para-hydroxylation sites is 1. The molecule has 1 atom stereocenters. The molecule has 5 aromatic rings. The molecule has 1 N–H and O–H groups in total. The highest BCUT2D eigenvalue weighted by Gasteiger charge is 2.33. The molecule has 5 rings (SSSR count). The third-order valence-electron chi connectivity index (χ3n) is 7.18. The summed E-state index contributed by atoms with van der Waals surface area (Å²) in [5.41, 5.74) is 3.23. The summed E-state index contributed by atoms with van der Waals surface area (Å²) in [6, 6.07) is 25.8. The maximum absolute atomic E-state index is 14.3. The van der Waals surface area contributed by atoms with E-state index in [0.717, 1.165) is 5.56 Å². The Morgan fingerprint density at radius 3 is 2.11 bits per heavy atom. The third kappa shape index (κ3) is 6.57. The van der Waals surface area contributed by atoms with Crippen molar-refractivity contribution >= 4 is 28.5 Å². The van der Waals surface area contributed by atoms with Crippen LogP contribution in [0.1, 0.15) is 17.2 Å².